The molecular weight excluding hydrogens is 437 g/mol. The number of halogens is 2. The molecule has 4 rings (SSSR count). The van der Waals surface area contributed by atoms with Gasteiger partial charge in [0, 0.05) is 4.47 Å². The summed E-state index contributed by atoms with van der Waals surface area (Å²) in [5.74, 6) is -0.124. The molecule has 2 aromatic heterocycles. The Hall–Kier alpha value is -3.16. The molecule has 0 unspecified atom stereocenters. The smallest absolute Gasteiger partial charge is 0.266 e. The molecule has 0 fully saturated rings. The van der Waals surface area contributed by atoms with Crippen molar-refractivity contribution in [2.75, 3.05) is 0 Å². The van der Waals surface area contributed by atoms with Crippen LogP contribution in [0.5, 0.6) is 0 Å². The molecule has 0 spiro atoms. The summed E-state index contributed by atoms with van der Waals surface area (Å²) in [5, 5.41) is 9.46. The van der Waals surface area contributed by atoms with Crippen molar-refractivity contribution in [2.45, 2.75) is 6.61 Å². The number of nitrogens with zero attached hydrogens (tertiary/aromatic N) is 3. The van der Waals surface area contributed by atoms with E-state index in [2.05, 4.69) is 25.9 Å². The number of fused-ring (bicyclic) bond motifs is 1. The minimum Gasteiger partial charge on any atom is -0.390 e. The van der Waals surface area contributed by atoms with E-state index in [9.17, 15) is 14.3 Å². The SMILES string of the molecule is O=c1c2cc(F)ccc2nc(/C=C/c2cccc(CO)n2)n1-c1ccccc1Br. The Kier molecular flexibility index (Phi) is 5.33. The third kappa shape index (κ3) is 3.87. The number of hydrogen-bond acceptors (Lipinski definition) is 4. The van der Waals surface area contributed by atoms with Crippen LogP contribution in [0.15, 0.2) is 69.9 Å². The molecule has 0 amide bonds. The van der Waals surface area contributed by atoms with E-state index in [0.717, 1.165) is 0 Å². The van der Waals surface area contributed by atoms with Crippen LogP contribution >= 0.6 is 15.9 Å². The van der Waals surface area contributed by atoms with Crippen LogP contribution in [0, 0.1) is 5.82 Å². The van der Waals surface area contributed by atoms with Crippen molar-refractivity contribution < 1.29 is 9.50 Å². The molecule has 144 valence electrons. The normalized spacial score (nSPS) is 11.4. The summed E-state index contributed by atoms with van der Waals surface area (Å²) >= 11 is 3.47. The fourth-order valence-corrected chi connectivity index (χ4v) is 3.45. The molecule has 2 aromatic carbocycles. The van der Waals surface area contributed by atoms with Crippen LogP contribution in [-0.4, -0.2) is 19.6 Å². The van der Waals surface area contributed by atoms with Gasteiger partial charge in [-0.3, -0.25) is 14.3 Å². The average Bonchev–Trinajstić information content (AvgIpc) is 2.74. The standard InChI is InChI=1S/C22H15BrFN3O2/c23-18-6-1-2-7-20(18)27-21(11-9-15-4-3-5-16(13-28)25-15)26-19-10-8-14(24)12-17(19)22(27)29/h1-12,28H,13H2/b11-9+. The van der Waals surface area contributed by atoms with Crippen LogP contribution in [0.3, 0.4) is 0 Å². The molecule has 4 aromatic rings. The Balaban J connectivity index is 1.95. The summed E-state index contributed by atoms with van der Waals surface area (Å²) in [4.78, 5) is 22.1. The minimum atomic E-state index is -0.497. The van der Waals surface area contributed by atoms with Crippen LogP contribution in [0.1, 0.15) is 17.2 Å². The number of hydrogen-bond donors (Lipinski definition) is 1. The number of aliphatic hydroxyl groups is 1. The lowest BCUT2D eigenvalue weighted by Crippen LogP contribution is -2.22. The maximum atomic E-state index is 13.7. The molecule has 0 radical (unpaired) electrons. The van der Waals surface area contributed by atoms with Gasteiger partial charge in [0.25, 0.3) is 5.56 Å². The predicted molar refractivity (Wildman–Crippen MR) is 114 cm³/mol. The molecule has 1 N–H and O–H groups in total. The van der Waals surface area contributed by atoms with E-state index in [1.807, 2.05) is 18.2 Å². The van der Waals surface area contributed by atoms with Gasteiger partial charge in [0.15, 0.2) is 0 Å². The van der Waals surface area contributed by atoms with E-state index >= 15 is 0 Å². The number of pyridine rings is 1. The molecule has 0 saturated carbocycles. The van der Waals surface area contributed by atoms with Crippen molar-refractivity contribution in [2.24, 2.45) is 0 Å². The number of benzene rings is 2. The van der Waals surface area contributed by atoms with E-state index in [-0.39, 0.29) is 17.6 Å². The number of para-hydroxylation sites is 1. The van der Waals surface area contributed by atoms with Crippen molar-refractivity contribution in [3.8, 4) is 5.69 Å². The zero-order valence-electron chi connectivity index (χ0n) is 15.1. The second-order valence-corrected chi connectivity index (χ2v) is 7.12. The van der Waals surface area contributed by atoms with Gasteiger partial charge in [-0.1, -0.05) is 18.2 Å². The number of aromatic nitrogens is 3. The quantitative estimate of drug-likeness (QED) is 0.500. The maximum Gasteiger partial charge on any atom is 0.266 e. The Labute approximate surface area is 173 Å². The van der Waals surface area contributed by atoms with E-state index in [1.54, 1.807) is 36.4 Å². The lowest BCUT2D eigenvalue weighted by atomic mass is 10.2. The topological polar surface area (TPSA) is 68.0 Å². The highest BCUT2D eigenvalue weighted by molar-refractivity contribution is 9.10. The lowest BCUT2D eigenvalue weighted by molar-refractivity contribution is 0.277. The molecule has 0 aliphatic heterocycles. The maximum absolute atomic E-state index is 13.7. The van der Waals surface area contributed by atoms with Gasteiger partial charge in [-0.2, -0.15) is 0 Å². The van der Waals surface area contributed by atoms with Crippen LogP contribution in [-0.2, 0) is 6.61 Å². The summed E-state index contributed by atoms with van der Waals surface area (Å²) in [5.41, 5.74) is 1.77. The molecular formula is C22H15BrFN3O2. The third-order valence-electron chi connectivity index (χ3n) is 4.34. The van der Waals surface area contributed by atoms with Crippen LogP contribution < -0.4 is 5.56 Å². The molecule has 29 heavy (non-hydrogen) atoms. The van der Waals surface area contributed by atoms with Crippen molar-refractivity contribution in [3.05, 3.63) is 98.5 Å². The Bertz CT molecular complexity index is 1300. The zero-order valence-corrected chi connectivity index (χ0v) is 16.7. The predicted octanol–water partition coefficient (Wildman–Crippen LogP) is 4.35. The largest absolute Gasteiger partial charge is 0.390 e. The van der Waals surface area contributed by atoms with Crippen LogP contribution in [0.25, 0.3) is 28.7 Å². The molecule has 0 aliphatic carbocycles. The molecule has 5 nitrogen and oxygen atoms in total. The van der Waals surface area contributed by atoms with Gasteiger partial charge in [-0.25, -0.2) is 9.37 Å². The zero-order chi connectivity index (χ0) is 20.4. The lowest BCUT2D eigenvalue weighted by Gasteiger charge is -2.13. The van der Waals surface area contributed by atoms with Crippen LogP contribution in [0.4, 0.5) is 4.39 Å². The van der Waals surface area contributed by atoms with E-state index in [1.165, 1.54) is 22.8 Å². The molecule has 0 saturated heterocycles. The molecule has 2 heterocycles. The van der Waals surface area contributed by atoms with E-state index in [0.29, 0.717) is 32.9 Å². The summed E-state index contributed by atoms with van der Waals surface area (Å²) in [6, 6.07) is 16.5. The second-order valence-electron chi connectivity index (χ2n) is 6.27. The third-order valence-corrected chi connectivity index (χ3v) is 5.01. The first-order valence-electron chi connectivity index (χ1n) is 8.79. The first-order valence-corrected chi connectivity index (χ1v) is 9.58. The molecule has 7 heteroatoms. The minimum absolute atomic E-state index is 0.164. The summed E-state index contributed by atoms with van der Waals surface area (Å²) in [6.45, 7) is -0.164. The van der Waals surface area contributed by atoms with Gasteiger partial charge in [0.05, 0.1) is 34.6 Å². The summed E-state index contributed by atoms with van der Waals surface area (Å²) < 4.78 is 15.9. The molecule has 0 aliphatic rings. The second kappa shape index (κ2) is 8.06. The first-order chi connectivity index (χ1) is 14.1. The fraction of sp³-hybridized carbons (Fsp3) is 0.0455. The van der Waals surface area contributed by atoms with Gasteiger partial charge in [0.1, 0.15) is 11.6 Å². The Morgan fingerprint density at radius 3 is 2.66 bits per heavy atom. The van der Waals surface area contributed by atoms with Gasteiger partial charge >= 0.3 is 0 Å². The summed E-state index contributed by atoms with van der Waals surface area (Å²) in [6.07, 6.45) is 3.39. The van der Waals surface area contributed by atoms with Gasteiger partial charge < -0.3 is 5.11 Å². The Morgan fingerprint density at radius 2 is 1.86 bits per heavy atom. The van der Waals surface area contributed by atoms with E-state index in [4.69, 9.17) is 0 Å². The van der Waals surface area contributed by atoms with Crippen molar-refractivity contribution in [1.29, 1.82) is 0 Å². The highest BCUT2D eigenvalue weighted by atomic mass is 79.9. The van der Waals surface area contributed by atoms with Gasteiger partial charge in [-0.15, -0.1) is 0 Å². The molecule has 0 bridgehead atoms. The van der Waals surface area contributed by atoms with Gasteiger partial charge in [-0.05, 0) is 70.5 Å². The highest BCUT2D eigenvalue weighted by Gasteiger charge is 2.14. The average molecular weight is 452 g/mol. The van der Waals surface area contributed by atoms with Crippen molar-refractivity contribution in [1.82, 2.24) is 14.5 Å². The van der Waals surface area contributed by atoms with Crippen molar-refractivity contribution >= 4 is 39.0 Å². The molecule has 0 atom stereocenters. The monoisotopic (exact) mass is 451 g/mol. The number of aliphatic hydroxyl groups excluding tert-OH is 1. The fourth-order valence-electron chi connectivity index (χ4n) is 2.99. The first kappa shape index (κ1) is 19.2. The van der Waals surface area contributed by atoms with Crippen LogP contribution in [0.2, 0.25) is 0 Å². The number of rotatable bonds is 4. The van der Waals surface area contributed by atoms with Crippen molar-refractivity contribution in [3.63, 3.8) is 0 Å². The summed E-state index contributed by atoms with van der Waals surface area (Å²) in [7, 11) is 0. The Morgan fingerprint density at radius 1 is 1.03 bits per heavy atom. The highest BCUT2D eigenvalue weighted by Crippen LogP contribution is 2.22. The van der Waals surface area contributed by atoms with Gasteiger partial charge in [0.2, 0.25) is 0 Å². The van der Waals surface area contributed by atoms with E-state index < -0.39 is 5.82 Å².